The summed E-state index contributed by atoms with van der Waals surface area (Å²) in [4.78, 5) is 23.1. The van der Waals surface area contributed by atoms with E-state index in [1.54, 1.807) is 17.0 Å². The number of hydrogen-bond donors (Lipinski definition) is 2. The summed E-state index contributed by atoms with van der Waals surface area (Å²) in [5, 5.41) is 11.0. The second-order valence-electron chi connectivity index (χ2n) is 4.16. The van der Waals surface area contributed by atoms with Crippen molar-refractivity contribution in [2.24, 2.45) is 5.73 Å². The summed E-state index contributed by atoms with van der Waals surface area (Å²) in [5.74, 6) is -0.555. The van der Waals surface area contributed by atoms with Crippen molar-refractivity contribution in [3.63, 3.8) is 0 Å². The van der Waals surface area contributed by atoms with E-state index in [2.05, 4.69) is 0 Å². The van der Waals surface area contributed by atoms with Gasteiger partial charge in [0.05, 0.1) is 11.5 Å². The van der Waals surface area contributed by atoms with Crippen LogP contribution in [-0.2, 0) is 4.79 Å². The molecule has 0 aliphatic rings. The molecule has 0 bridgehead atoms. The number of nitro groups is 1. The van der Waals surface area contributed by atoms with Crippen molar-refractivity contribution >= 4 is 23.0 Å². The first kappa shape index (κ1) is 13.8. The molecule has 18 heavy (non-hydrogen) atoms. The molecule has 0 radical (unpaired) electrons. The van der Waals surface area contributed by atoms with Crippen LogP contribution in [0.1, 0.15) is 13.8 Å². The maximum absolute atomic E-state index is 11.0. The monoisotopic (exact) mass is 252 g/mol. The zero-order valence-electron chi connectivity index (χ0n) is 10.3. The Balaban J connectivity index is 3.32. The highest BCUT2D eigenvalue weighted by molar-refractivity contribution is 5.83. The zero-order valence-corrected chi connectivity index (χ0v) is 10.3. The van der Waals surface area contributed by atoms with Crippen LogP contribution in [0.3, 0.4) is 0 Å². The van der Waals surface area contributed by atoms with Crippen LogP contribution < -0.4 is 16.4 Å². The van der Waals surface area contributed by atoms with Crippen LogP contribution in [0.15, 0.2) is 18.2 Å². The summed E-state index contributed by atoms with van der Waals surface area (Å²) in [6.07, 6.45) is 0. The summed E-state index contributed by atoms with van der Waals surface area (Å²) in [6, 6.07) is 4.49. The molecule has 98 valence electrons. The first-order valence-electron chi connectivity index (χ1n) is 5.42. The largest absolute Gasteiger partial charge is 0.393 e. The molecule has 1 aromatic carbocycles. The lowest BCUT2D eigenvalue weighted by atomic mass is 10.2. The molecule has 1 aromatic rings. The molecule has 0 unspecified atom stereocenters. The van der Waals surface area contributed by atoms with Gasteiger partial charge in [-0.25, -0.2) is 0 Å². The molecule has 0 aliphatic heterocycles. The fraction of sp³-hybridized carbons (Fsp3) is 0.364. The molecule has 7 nitrogen and oxygen atoms in total. The van der Waals surface area contributed by atoms with Crippen LogP contribution in [0, 0.1) is 10.1 Å². The number of primary amides is 1. The number of rotatable bonds is 5. The minimum Gasteiger partial charge on any atom is -0.393 e. The van der Waals surface area contributed by atoms with Crippen molar-refractivity contribution in [3.8, 4) is 0 Å². The molecule has 7 heteroatoms. The zero-order chi connectivity index (χ0) is 13.9. The number of nitrogen functional groups attached to an aromatic ring is 1. The van der Waals surface area contributed by atoms with E-state index in [1.165, 1.54) is 6.07 Å². The summed E-state index contributed by atoms with van der Waals surface area (Å²) >= 11 is 0. The highest BCUT2D eigenvalue weighted by Crippen LogP contribution is 2.34. The molecule has 1 amide bonds. The summed E-state index contributed by atoms with van der Waals surface area (Å²) in [5.41, 5.74) is 10.9. The number of para-hydroxylation sites is 1. The summed E-state index contributed by atoms with van der Waals surface area (Å²) in [6.45, 7) is 3.54. The van der Waals surface area contributed by atoms with Gasteiger partial charge in [0, 0.05) is 6.04 Å². The second-order valence-corrected chi connectivity index (χ2v) is 4.16. The third-order valence-corrected chi connectivity index (χ3v) is 2.49. The molecule has 4 N–H and O–H groups in total. The van der Waals surface area contributed by atoms with E-state index in [0.717, 1.165) is 0 Å². The minimum atomic E-state index is -0.555. The molecule has 0 atom stereocenters. The van der Waals surface area contributed by atoms with Crippen LogP contribution in [0.5, 0.6) is 0 Å². The Morgan fingerprint density at radius 2 is 2.11 bits per heavy atom. The fourth-order valence-electron chi connectivity index (χ4n) is 1.69. The van der Waals surface area contributed by atoms with E-state index in [4.69, 9.17) is 11.5 Å². The van der Waals surface area contributed by atoms with E-state index in [1.807, 2.05) is 13.8 Å². The van der Waals surface area contributed by atoms with Crippen LogP contribution in [0.4, 0.5) is 17.1 Å². The van der Waals surface area contributed by atoms with Crippen molar-refractivity contribution < 1.29 is 9.72 Å². The molecule has 0 fully saturated rings. The van der Waals surface area contributed by atoms with Gasteiger partial charge in [0.25, 0.3) is 0 Å². The maximum atomic E-state index is 11.0. The van der Waals surface area contributed by atoms with E-state index in [9.17, 15) is 14.9 Å². The van der Waals surface area contributed by atoms with Gasteiger partial charge in [-0.05, 0) is 26.0 Å². The highest BCUT2D eigenvalue weighted by atomic mass is 16.6. The van der Waals surface area contributed by atoms with Gasteiger partial charge in [0.1, 0.15) is 11.4 Å². The molecular weight excluding hydrogens is 236 g/mol. The Hall–Kier alpha value is -2.31. The lowest BCUT2D eigenvalue weighted by molar-refractivity contribution is -0.383. The van der Waals surface area contributed by atoms with Crippen LogP contribution in [0.25, 0.3) is 0 Å². The number of nitrogens with zero attached hydrogens (tertiary/aromatic N) is 2. The quantitative estimate of drug-likeness (QED) is 0.458. The van der Waals surface area contributed by atoms with E-state index in [-0.39, 0.29) is 24.0 Å². The van der Waals surface area contributed by atoms with Crippen molar-refractivity contribution in [2.45, 2.75) is 19.9 Å². The second kappa shape index (κ2) is 5.35. The third-order valence-electron chi connectivity index (χ3n) is 2.49. The van der Waals surface area contributed by atoms with Gasteiger partial charge in [-0.3, -0.25) is 14.9 Å². The van der Waals surface area contributed by atoms with Gasteiger partial charge in [-0.15, -0.1) is 0 Å². The Labute approximate surface area is 105 Å². The highest BCUT2D eigenvalue weighted by Gasteiger charge is 2.24. The molecule has 0 heterocycles. The Kier molecular flexibility index (Phi) is 4.09. The lowest BCUT2D eigenvalue weighted by Crippen LogP contribution is -2.39. The summed E-state index contributed by atoms with van der Waals surface area (Å²) in [7, 11) is 0. The summed E-state index contributed by atoms with van der Waals surface area (Å²) < 4.78 is 0. The SMILES string of the molecule is CC(C)N(CC(N)=O)c1cccc(N)c1[N+](=O)[O-]. The number of amides is 1. The van der Waals surface area contributed by atoms with Crippen molar-refractivity contribution in [1.82, 2.24) is 0 Å². The molecule has 0 saturated carbocycles. The number of nitrogens with two attached hydrogens (primary N) is 2. The smallest absolute Gasteiger partial charge is 0.315 e. The third kappa shape index (κ3) is 2.88. The van der Waals surface area contributed by atoms with Crippen molar-refractivity contribution in [3.05, 3.63) is 28.3 Å². The maximum Gasteiger partial charge on any atom is 0.315 e. The van der Waals surface area contributed by atoms with Gasteiger partial charge in [-0.2, -0.15) is 0 Å². The average molecular weight is 252 g/mol. The standard InChI is InChI=1S/C11H16N4O3/c1-7(2)14(6-10(13)16)9-5-3-4-8(12)11(9)15(17)18/h3-5,7H,6,12H2,1-2H3,(H2,13,16). The van der Waals surface area contributed by atoms with Crippen LogP contribution in [-0.4, -0.2) is 23.4 Å². The minimum absolute atomic E-state index is 0.0626. The fourth-order valence-corrected chi connectivity index (χ4v) is 1.69. The van der Waals surface area contributed by atoms with Gasteiger partial charge in [0.2, 0.25) is 5.91 Å². The number of carbonyl (C=O) groups is 1. The number of nitro benzene ring substituents is 1. The molecule has 0 aromatic heterocycles. The van der Waals surface area contributed by atoms with Gasteiger partial charge >= 0.3 is 5.69 Å². The first-order chi connectivity index (χ1) is 8.34. The number of benzene rings is 1. The number of anilines is 2. The van der Waals surface area contributed by atoms with E-state index >= 15 is 0 Å². The normalized spacial score (nSPS) is 10.4. The molecule has 0 saturated heterocycles. The number of hydrogen-bond acceptors (Lipinski definition) is 5. The van der Waals surface area contributed by atoms with Crippen molar-refractivity contribution in [2.75, 3.05) is 17.2 Å². The van der Waals surface area contributed by atoms with Crippen molar-refractivity contribution in [1.29, 1.82) is 0 Å². The predicted octanol–water partition coefficient (Wildman–Crippen LogP) is 0.877. The Bertz CT molecular complexity index is 473. The first-order valence-corrected chi connectivity index (χ1v) is 5.42. The predicted molar refractivity (Wildman–Crippen MR) is 69.2 cm³/mol. The van der Waals surface area contributed by atoms with Gasteiger partial charge in [-0.1, -0.05) is 6.07 Å². The number of carbonyl (C=O) groups excluding carboxylic acids is 1. The Morgan fingerprint density at radius 1 is 1.50 bits per heavy atom. The van der Waals surface area contributed by atoms with E-state index in [0.29, 0.717) is 5.69 Å². The Morgan fingerprint density at radius 3 is 2.56 bits per heavy atom. The molecular formula is C11H16N4O3. The molecule has 0 aliphatic carbocycles. The van der Waals surface area contributed by atoms with Gasteiger partial charge in [0.15, 0.2) is 0 Å². The van der Waals surface area contributed by atoms with E-state index < -0.39 is 10.8 Å². The van der Waals surface area contributed by atoms with Crippen LogP contribution >= 0.6 is 0 Å². The molecule has 1 rings (SSSR count). The van der Waals surface area contributed by atoms with Gasteiger partial charge < -0.3 is 16.4 Å². The average Bonchev–Trinajstić information content (AvgIpc) is 2.24. The topological polar surface area (TPSA) is 115 Å². The molecule has 0 spiro atoms. The van der Waals surface area contributed by atoms with Crippen LogP contribution in [0.2, 0.25) is 0 Å². The lowest BCUT2D eigenvalue weighted by Gasteiger charge is -2.27.